The monoisotopic (exact) mass is 453 g/mol. The molecule has 2 aromatic carbocycles. The predicted octanol–water partition coefficient (Wildman–Crippen LogP) is 3.02. The van der Waals surface area contributed by atoms with E-state index in [-0.39, 0.29) is 5.91 Å². The summed E-state index contributed by atoms with van der Waals surface area (Å²) in [6.07, 6.45) is 3.55. The molecule has 170 valence electrons. The molecule has 0 spiro atoms. The first kappa shape index (κ1) is 21.3. The number of amides is 3. The molecule has 34 heavy (non-hydrogen) atoms. The number of H-pyrrole nitrogens is 1. The highest BCUT2D eigenvalue weighted by Crippen LogP contribution is 2.41. The highest BCUT2D eigenvalue weighted by molar-refractivity contribution is 6.01. The second-order valence-corrected chi connectivity index (χ2v) is 8.15. The number of aromatic nitrogens is 4. The fourth-order valence-electron chi connectivity index (χ4n) is 4.38. The molecule has 0 bridgehead atoms. The first-order valence-corrected chi connectivity index (χ1v) is 10.9. The number of nitrogen functional groups attached to an aromatic ring is 1. The van der Waals surface area contributed by atoms with Crippen LogP contribution in [-0.2, 0) is 11.2 Å². The van der Waals surface area contributed by atoms with E-state index >= 15 is 0 Å². The summed E-state index contributed by atoms with van der Waals surface area (Å²) >= 11 is 0. The molecule has 0 radical (unpaired) electrons. The Balaban J connectivity index is 1.42. The Kier molecular flexibility index (Phi) is 5.73. The van der Waals surface area contributed by atoms with Crippen LogP contribution in [0.5, 0.6) is 0 Å². The second-order valence-electron chi connectivity index (χ2n) is 8.15. The normalized spacial score (nSPS) is 17.4. The molecule has 1 aliphatic heterocycles. The summed E-state index contributed by atoms with van der Waals surface area (Å²) in [6.45, 7) is 0. The Hall–Kier alpha value is -4.53. The van der Waals surface area contributed by atoms with Crippen molar-refractivity contribution < 1.29 is 9.59 Å². The average molecular weight is 454 g/mol. The molecule has 9 heteroatoms. The molecular weight excluding hydrogens is 430 g/mol. The SMILES string of the molecule is Nc1cc(CC2C(=O)N(C(=O)NC(c3ccccc3)c3ccccc3)C2c2cn[nH]n2)ccn1. The maximum atomic E-state index is 13.5. The fraction of sp³-hybridized carbons (Fsp3) is 0.160. The van der Waals surface area contributed by atoms with Crippen molar-refractivity contribution in [3.63, 3.8) is 0 Å². The Bertz CT molecular complexity index is 1240. The Morgan fingerprint density at radius 1 is 1.06 bits per heavy atom. The van der Waals surface area contributed by atoms with Gasteiger partial charge in [-0.05, 0) is 35.2 Å². The molecule has 2 atom stereocenters. The van der Waals surface area contributed by atoms with Crippen LogP contribution >= 0.6 is 0 Å². The first-order chi connectivity index (χ1) is 16.6. The van der Waals surface area contributed by atoms with Crippen molar-refractivity contribution in [1.29, 1.82) is 0 Å². The number of imide groups is 1. The van der Waals surface area contributed by atoms with E-state index in [4.69, 9.17) is 5.73 Å². The van der Waals surface area contributed by atoms with E-state index in [1.54, 1.807) is 12.3 Å². The molecule has 4 aromatic rings. The number of nitrogens with two attached hydrogens (primary N) is 1. The number of carbonyl (C=O) groups excluding carboxylic acids is 2. The number of benzene rings is 2. The molecule has 9 nitrogen and oxygen atoms in total. The quantitative estimate of drug-likeness (QED) is 0.385. The van der Waals surface area contributed by atoms with E-state index in [9.17, 15) is 9.59 Å². The van der Waals surface area contributed by atoms with E-state index in [1.165, 1.54) is 11.1 Å². The lowest BCUT2D eigenvalue weighted by Gasteiger charge is -2.45. The van der Waals surface area contributed by atoms with Crippen LogP contribution in [0.4, 0.5) is 10.6 Å². The minimum absolute atomic E-state index is 0.277. The van der Waals surface area contributed by atoms with E-state index in [2.05, 4.69) is 25.7 Å². The Morgan fingerprint density at radius 3 is 2.32 bits per heavy atom. The van der Waals surface area contributed by atoms with Gasteiger partial charge in [-0.1, -0.05) is 60.7 Å². The van der Waals surface area contributed by atoms with E-state index in [0.717, 1.165) is 16.7 Å². The van der Waals surface area contributed by atoms with E-state index in [1.807, 2.05) is 66.7 Å². The van der Waals surface area contributed by atoms with Crippen LogP contribution in [0.15, 0.2) is 85.2 Å². The van der Waals surface area contributed by atoms with Crippen molar-refractivity contribution in [3.05, 3.63) is 108 Å². The molecule has 1 saturated heterocycles. The van der Waals surface area contributed by atoms with E-state index in [0.29, 0.717) is 17.9 Å². The summed E-state index contributed by atoms with van der Waals surface area (Å²) in [5, 5.41) is 13.7. The van der Waals surface area contributed by atoms with Gasteiger partial charge in [-0.3, -0.25) is 9.69 Å². The molecule has 2 unspecified atom stereocenters. The standard InChI is InChI=1S/C25H23N7O2/c26-21-14-16(11-12-27-21)13-19-23(20-15-28-31-30-20)32(24(19)33)25(34)29-22(17-7-3-1-4-8-17)18-9-5-2-6-10-18/h1-12,14-15,19,22-23H,13H2,(H2,26,27)(H,29,34)(H,28,30,31). The van der Waals surface area contributed by atoms with Crippen LogP contribution in [0.1, 0.15) is 34.5 Å². The molecular formula is C25H23N7O2. The number of likely N-dealkylation sites (tertiary alicyclic amines) is 1. The maximum absolute atomic E-state index is 13.5. The molecule has 1 fully saturated rings. The minimum Gasteiger partial charge on any atom is -0.384 e. The van der Waals surface area contributed by atoms with Gasteiger partial charge in [0, 0.05) is 6.20 Å². The van der Waals surface area contributed by atoms with Crippen molar-refractivity contribution in [2.45, 2.75) is 18.5 Å². The van der Waals surface area contributed by atoms with E-state index < -0.39 is 24.0 Å². The summed E-state index contributed by atoms with van der Waals surface area (Å²) in [6, 6.07) is 21.4. The Morgan fingerprint density at radius 2 is 1.74 bits per heavy atom. The van der Waals surface area contributed by atoms with Crippen LogP contribution < -0.4 is 11.1 Å². The summed E-state index contributed by atoms with van der Waals surface area (Å²) in [5.74, 6) is -0.365. The highest BCUT2D eigenvalue weighted by Gasteiger charge is 2.52. The maximum Gasteiger partial charge on any atom is 0.325 e. The van der Waals surface area contributed by atoms with Crippen molar-refractivity contribution in [3.8, 4) is 0 Å². The molecule has 5 rings (SSSR count). The van der Waals surface area contributed by atoms with Gasteiger partial charge in [-0.15, -0.1) is 0 Å². The van der Waals surface area contributed by atoms with Crippen molar-refractivity contribution in [2.24, 2.45) is 5.92 Å². The molecule has 3 amide bonds. The lowest BCUT2D eigenvalue weighted by molar-refractivity contribution is -0.150. The van der Waals surface area contributed by atoms with Crippen molar-refractivity contribution in [2.75, 3.05) is 5.73 Å². The third-order valence-corrected chi connectivity index (χ3v) is 6.00. The van der Waals surface area contributed by atoms with Gasteiger partial charge in [0.1, 0.15) is 11.5 Å². The zero-order chi connectivity index (χ0) is 23.5. The molecule has 4 N–H and O–H groups in total. The largest absolute Gasteiger partial charge is 0.384 e. The summed E-state index contributed by atoms with van der Waals surface area (Å²) in [4.78, 5) is 31.9. The second kappa shape index (κ2) is 9.14. The van der Waals surface area contributed by atoms with Crippen LogP contribution in [-0.4, -0.2) is 37.2 Å². The molecule has 0 saturated carbocycles. The number of urea groups is 1. The third kappa shape index (κ3) is 4.11. The number of anilines is 1. The lowest BCUT2D eigenvalue weighted by atomic mass is 9.81. The lowest BCUT2D eigenvalue weighted by Crippen LogP contribution is -2.61. The van der Waals surface area contributed by atoms with Gasteiger partial charge >= 0.3 is 6.03 Å². The van der Waals surface area contributed by atoms with Crippen LogP contribution in [0.2, 0.25) is 0 Å². The van der Waals surface area contributed by atoms with Gasteiger partial charge in [-0.25, -0.2) is 9.78 Å². The molecule has 1 aliphatic rings. The number of hydrogen-bond acceptors (Lipinski definition) is 6. The zero-order valence-electron chi connectivity index (χ0n) is 18.2. The molecule has 2 aromatic heterocycles. The number of aromatic amines is 1. The van der Waals surface area contributed by atoms with Gasteiger partial charge in [-0.2, -0.15) is 15.4 Å². The number of β-lactam (4-membered cyclic amide) rings is 1. The minimum atomic E-state index is -0.548. The van der Waals surface area contributed by atoms with Crippen LogP contribution in [0, 0.1) is 5.92 Å². The Labute approximate surface area is 196 Å². The predicted molar refractivity (Wildman–Crippen MR) is 125 cm³/mol. The fourth-order valence-corrected chi connectivity index (χ4v) is 4.38. The van der Waals surface area contributed by atoms with Gasteiger partial charge in [0.2, 0.25) is 5.91 Å². The first-order valence-electron chi connectivity index (χ1n) is 10.9. The number of carbonyl (C=O) groups is 2. The summed E-state index contributed by atoms with van der Waals surface area (Å²) in [7, 11) is 0. The molecule has 3 heterocycles. The van der Waals surface area contributed by atoms with Crippen molar-refractivity contribution in [1.82, 2.24) is 30.6 Å². The number of nitrogens with zero attached hydrogens (tertiary/aromatic N) is 4. The average Bonchev–Trinajstić information content (AvgIpc) is 3.39. The number of rotatable bonds is 6. The molecule has 0 aliphatic carbocycles. The van der Waals surface area contributed by atoms with Crippen molar-refractivity contribution >= 4 is 17.8 Å². The summed E-state index contributed by atoms with van der Waals surface area (Å²) < 4.78 is 0. The zero-order valence-corrected chi connectivity index (χ0v) is 18.2. The van der Waals surface area contributed by atoms with Gasteiger partial charge in [0.05, 0.1) is 24.2 Å². The number of nitrogens with one attached hydrogen (secondary N) is 2. The number of hydrogen-bond donors (Lipinski definition) is 3. The summed E-state index contributed by atoms with van der Waals surface area (Å²) in [5.41, 5.74) is 9.02. The smallest absolute Gasteiger partial charge is 0.325 e. The van der Waals surface area contributed by atoms with Gasteiger partial charge in [0.15, 0.2) is 0 Å². The number of pyridine rings is 1. The third-order valence-electron chi connectivity index (χ3n) is 6.00. The van der Waals surface area contributed by atoms with Crippen LogP contribution in [0.3, 0.4) is 0 Å². The topological polar surface area (TPSA) is 130 Å². The highest BCUT2D eigenvalue weighted by atomic mass is 16.2. The van der Waals surface area contributed by atoms with Crippen LogP contribution in [0.25, 0.3) is 0 Å². The van der Waals surface area contributed by atoms with Gasteiger partial charge < -0.3 is 11.1 Å². The van der Waals surface area contributed by atoms with Gasteiger partial charge in [0.25, 0.3) is 0 Å².